The molecule has 2 heterocycles. The number of furan rings is 1. The molecule has 30 heavy (non-hydrogen) atoms. The Morgan fingerprint density at radius 2 is 2.17 bits per heavy atom. The minimum absolute atomic E-state index is 0.0144. The molecule has 0 spiro atoms. The molecule has 11 heteroatoms. The van der Waals surface area contributed by atoms with Gasteiger partial charge in [-0.15, -0.1) is 0 Å². The molecule has 0 radical (unpaired) electrons. The van der Waals surface area contributed by atoms with Gasteiger partial charge in [0.05, 0.1) is 45.9 Å². The maximum absolute atomic E-state index is 13.2. The Labute approximate surface area is 181 Å². The second-order valence-corrected chi connectivity index (χ2v) is 8.10. The zero-order chi connectivity index (χ0) is 21.9. The quantitative estimate of drug-likeness (QED) is 0.617. The number of benzene rings is 1. The minimum atomic E-state index is -4.65. The van der Waals surface area contributed by atoms with E-state index in [1.54, 1.807) is 12.1 Å². The van der Waals surface area contributed by atoms with Gasteiger partial charge in [-0.3, -0.25) is 9.59 Å². The summed E-state index contributed by atoms with van der Waals surface area (Å²) in [5.74, 6) is -1.53. The number of nitrogens with zero attached hydrogens (tertiary/aromatic N) is 1. The maximum atomic E-state index is 13.2. The highest BCUT2D eigenvalue weighted by Gasteiger charge is 2.34. The van der Waals surface area contributed by atoms with Crippen LogP contribution in [0.25, 0.3) is 0 Å². The lowest BCUT2D eigenvalue weighted by molar-refractivity contribution is -0.137. The molecule has 3 rings (SSSR count). The van der Waals surface area contributed by atoms with Gasteiger partial charge in [0.1, 0.15) is 5.76 Å². The molecule has 0 fully saturated rings. The zero-order valence-electron chi connectivity index (χ0n) is 15.0. The van der Waals surface area contributed by atoms with Crippen molar-refractivity contribution in [2.24, 2.45) is 0 Å². The van der Waals surface area contributed by atoms with E-state index in [9.17, 15) is 28.0 Å². The first-order chi connectivity index (χ1) is 14.2. The van der Waals surface area contributed by atoms with Crippen LogP contribution in [0.2, 0.25) is 0 Å². The second-order valence-electron chi connectivity index (χ2n) is 6.20. The normalized spacial score (nSPS) is 16.8. The lowest BCUT2D eigenvalue weighted by Crippen LogP contribution is -2.31. The number of thioether (sulfide) groups is 1. The number of allylic oxidation sites excluding steroid dienone is 1. The van der Waals surface area contributed by atoms with Gasteiger partial charge < -0.3 is 15.1 Å². The van der Waals surface area contributed by atoms with E-state index in [1.807, 2.05) is 6.07 Å². The Balaban J connectivity index is 1.76. The summed E-state index contributed by atoms with van der Waals surface area (Å²) in [6.45, 7) is 0. The van der Waals surface area contributed by atoms with Gasteiger partial charge >= 0.3 is 6.18 Å². The van der Waals surface area contributed by atoms with Crippen molar-refractivity contribution in [2.45, 2.75) is 18.5 Å². The molecule has 0 unspecified atom stereocenters. The van der Waals surface area contributed by atoms with Crippen LogP contribution in [0.15, 0.2) is 56.1 Å². The number of carbonyl (C=O) groups excluding carboxylic acids is 2. The predicted octanol–water partition coefficient (Wildman–Crippen LogP) is 4.77. The van der Waals surface area contributed by atoms with Crippen molar-refractivity contribution >= 4 is 45.2 Å². The van der Waals surface area contributed by atoms with Gasteiger partial charge in [0.15, 0.2) is 0 Å². The number of nitriles is 1. The Morgan fingerprint density at radius 1 is 1.40 bits per heavy atom. The molecular formula is C19H13BrF3N3O3S. The van der Waals surface area contributed by atoms with Gasteiger partial charge in [0.2, 0.25) is 11.8 Å². The van der Waals surface area contributed by atoms with E-state index in [2.05, 4.69) is 26.6 Å². The topological polar surface area (TPSA) is 95.1 Å². The summed E-state index contributed by atoms with van der Waals surface area (Å²) in [6, 6.07) is 8.68. The minimum Gasteiger partial charge on any atom is -0.469 e. The van der Waals surface area contributed by atoms with Crippen molar-refractivity contribution in [3.63, 3.8) is 0 Å². The Bertz CT molecular complexity index is 1050. The van der Waals surface area contributed by atoms with Crippen LogP contribution in [-0.2, 0) is 15.8 Å². The van der Waals surface area contributed by atoms with Gasteiger partial charge in [-0.1, -0.05) is 27.7 Å². The van der Waals surface area contributed by atoms with Crippen LogP contribution in [0.3, 0.4) is 0 Å². The SMILES string of the molecule is N#CC1=C(SCC(=O)Nc2ccc(Br)cc2C(F)(F)F)NC(=O)C[C@@H]1c1ccco1. The van der Waals surface area contributed by atoms with E-state index >= 15 is 0 Å². The fourth-order valence-electron chi connectivity index (χ4n) is 2.85. The van der Waals surface area contributed by atoms with Gasteiger partial charge in [-0.25, -0.2) is 0 Å². The highest BCUT2D eigenvalue weighted by atomic mass is 79.9. The first kappa shape index (κ1) is 22.0. The fourth-order valence-corrected chi connectivity index (χ4v) is 4.09. The number of rotatable bonds is 5. The predicted molar refractivity (Wildman–Crippen MR) is 107 cm³/mol. The lowest BCUT2D eigenvalue weighted by atomic mass is 9.92. The second kappa shape index (κ2) is 8.97. The number of halogens is 4. The Morgan fingerprint density at radius 3 is 2.80 bits per heavy atom. The number of hydrogen-bond acceptors (Lipinski definition) is 5. The molecule has 156 valence electrons. The monoisotopic (exact) mass is 499 g/mol. The van der Waals surface area contributed by atoms with Crippen molar-refractivity contribution in [1.29, 1.82) is 5.26 Å². The molecule has 2 aromatic rings. The third kappa shape index (κ3) is 5.06. The smallest absolute Gasteiger partial charge is 0.418 e. The van der Waals surface area contributed by atoms with Crippen LogP contribution in [-0.4, -0.2) is 17.6 Å². The molecule has 6 nitrogen and oxygen atoms in total. The number of hydrogen-bond donors (Lipinski definition) is 2. The molecule has 0 bridgehead atoms. The van der Waals surface area contributed by atoms with Crippen molar-refractivity contribution in [3.05, 3.63) is 63.0 Å². The molecule has 1 aromatic carbocycles. The van der Waals surface area contributed by atoms with Crippen LogP contribution in [0.1, 0.15) is 23.7 Å². The molecule has 2 amide bonds. The first-order valence-corrected chi connectivity index (χ1v) is 10.2. The van der Waals surface area contributed by atoms with Crippen molar-refractivity contribution in [1.82, 2.24) is 5.32 Å². The van der Waals surface area contributed by atoms with Crippen molar-refractivity contribution < 1.29 is 27.2 Å². The summed E-state index contributed by atoms with van der Waals surface area (Å²) in [5.41, 5.74) is -1.15. The Kier molecular flexibility index (Phi) is 6.58. The van der Waals surface area contributed by atoms with E-state index in [1.165, 1.54) is 12.3 Å². The van der Waals surface area contributed by atoms with Crippen LogP contribution < -0.4 is 10.6 Å². The number of anilines is 1. The summed E-state index contributed by atoms with van der Waals surface area (Å²) >= 11 is 3.84. The molecule has 0 saturated heterocycles. The molecule has 0 saturated carbocycles. The van der Waals surface area contributed by atoms with Crippen LogP contribution >= 0.6 is 27.7 Å². The number of amides is 2. The summed E-state index contributed by atoms with van der Waals surface area (Å²) in [4.78, 5) is 24.3. The molecule has 0 aliphatic carbocycles. The molecule has 1 aromatic heterocycles. The van der Waals surface area contributed by atoms with E-state index in [0.29, 0.717) is 5.76 Å². The summed E-state index contributed by atoms with van der Waals surface area (Å²) in [6.07, 6.45) is -3.21. The van der Waals surface area contributed by atoms with Crippen LogP contribution in [0.4, 0.5) is 18.9 Å². The van der Waals surface area contributed by atoms with Crippen LogP contribution in [0.5, 0.6) is 0 Å². The largest absolute Gasteiger partial charge is 0.469 e. The molecule has 1 atom stereocenters. The molecule has 1 aliphatic heterocycles. The maximum Gasteiger partial charge on any atom is 0.418 e. The van der Waals surface area contributed by atoms with E-state index in [-0.39, 0.29) is 38.8 Å². The zero-order valence-corrected chi connectivity index (χ0v) is 17.5. The van der Waals surface area contributed by atoms with Crippen molar-refractivity contribution in [3.8, 4) is 6.07 Å². The average Bonchev–Trinajstić information content (AvgIpc) is 3.21. The third-order valence-electron chi connectivity index (χ3n) is 4.15. The lowest BCUT2D eigenvalue weighted by Gasteiger charge is -2.23. The van der Waals surface area contributed by atoms with Gasteiger partial charge in [-0.2, -0.15) is 18.4 Å². The van der Waals surface area contributed by atoms with E-state index in [4.69, 9.17) is 4.42 Å². The first-order valence-electron chi connectivity index (χ1n) is 8.46. The highest BCUT2D eigenvalue weighted by molar-refractivity contribution is 9.10. The summed E-state index contributed by atoms with van der Waals surface area (Å²) in [7, 11) is 0. The summed E-state index contributed by atoms with van der Waals surface area (Å²) < 4.78 is 45.1. The Hall–Kier alpha value is -2.71. The third-order valence-corrected chi connectivity index (χ3v) is 5.66. The number of carbonyl (C=O) groups is 2. The number of nitrogens with one attached hydrogen (secondary N) is 2. The molecule has 2 N–H and O–H groups in total. The van der Waals surface area contributed by atoms with Gasteiger partial charge in [0.25, 0.3) is 0 Å². The van der Waals surface area contributed by atoms with Crippen molar-refractivity contribution in [2.75, 3.05) is 11.1 Å². The average molecular weight is 500 g/mol. The molecule has 1 aliphatic rings. The van der Waals surface area contributed by atoms with Crippen LogP contribution in [0, 0.1) is 11.3 Å². The molecular weight excluding hydrogens is 487 g/mol. The standard InChI is InChI=1S/C19H13BrF3N3O3S/c20-10-3-4-14(13(6-10)19(21,22)23)25-17(28)9-30-18-12(8-24)11(7-16(27)26-18)15-2-1-5-29-15/h1-6,11H,7,9H2,(H,25,28)(H,26,27)/t11-/m0/s1. The number of alkyl halides is 3. The van der Waals surface area contributed by atoms with E-state index < -0.39 is 23.6 Å². The van der Waals surface area contributed by atoms with Gasteiger partial charge in [0, 0.05) is 10.9 Å². The fraction of sp³-hybridized carbons (Fsp3) is 0.211. The highest BCUT2D eigenvalue weighted by Crippen LogP contribution is 2.38. The van der Waals surface area contributed by atoms with Gasteiger partial charge in [-0.05, 0) is 30.3 Å². The summed E-state index contributed by atoms with van der Waals surface area (Å²) in [5, 5.41) is 14.5. The van der Waals surface area contributed by atoms with E-state index in [0.717, 1.165) is 23.9 Å².